The first-order valence-corrected chi connectivity index (χ1v) is 9.48. The van der Waals surface area contributed by atoms with Crippen molar-refractivity contribution in [1.82, 2.24) is 0 Å². The van der Waals surface area contributed by atoms with E-state index in [2.05, 4.69) is 31.2 Å². The zero-order valence-corrected chi connectivity index (χ0v) is 15.6. The van der Waals surface area contributed by atoms with Crippen LogP contribution in [-0.2, 0) is 6.42 Å². The normalized spacial score (nSPS) is 10.7. The van der Waals surface area contributed by atoms with E-state index in [1.54, 1.807) is 0 Å². The second kappa shape index (κ2) is 11.6. The summed E-state index contributed by atoms with van der Waals surface area (Å²) in [7, 11) is 0. The quantitative estimate of drug-likeness (QED) is 0.558. The third-order valence-electron chi connectivity index (χ3n) is 4.17. The molecule has 0 aliphatic carbocycles. The first kappa shape index (κ1) is 20.3. The van der Waals surface area contributed by atoms with Crippen molar-refractivity contribution in [3.63, 3.8) is 0 Å². The molecule has 4 nitrogen and oxygen atoms in total. The fourth-order valence-corrected chi connectivity index (χ4v) is 2.77. The Morgan fingerprint density at radius 1 is 0.731 bits per heavy atom. The van der Waals surface area contributed by atoms with Crippen molar-refractivity contribution in [2.45, 2.75) is 39.0 Å². The molecular formula is C22H30O4. The van der Waals surface area contributed by atoms with Crippen molar-refractivity contribution in [2.24, 2.45) is 0 Å². The maximum atomic E-state index is 8.99. The van der Waals surface area contributed by atoms with E-state index in [0.717, 1.165) is 17.5 Å². The van der Waals surface area contributed by atoms with Crippen molar-refractivity contribution < 1.29 is 19.7 Å². The van der Waals surface area contributed by atoms with E-state index in [0.29, 0.717) is 24.5 Å². The molecule has 0 aliphatic rings. The average molecular weight is 358 g/mol. The predicted molar refractivity (Wildman–Crippen MR) is 105 cm³/mol. The lowest BCUT2D eigenvalue weighted by atomic mass is 10.0. The number of hydrogen-bond donors (Lipinski definition) is 2. The van der Waals surface area contributed by atoms with Crippen LogP contribution in [0, 0.1) is 0 Å². The van der Waals surface area contributed by atoms with Gasteiger partial charge in [-0.05, 0) is 41.7 Å². The molecule has 142 valence electrons. The van der Waals surface area contributed by atoms with Crippen LogP contribution in [-0.4, -0.2) is 36.6 Å². The largest absolute Gasteiger partial charge is 0.493 e. The van der Waals surface area contributed by atoms with Gasteiger partial charge in [0.05, 0.1) is 13.2 Å². The first-order chi connectivity index (χ1) is 12.8. The van der Waals surface area contributed by atoms with E-state index in [4.69, 9.17) is 19.7 Å². The van der Waals surface area contributed by atoms with E-state index in [-0.39, 0.29) is 19.8 Å². The highest BCUT2D eigenvalue weighted by Crippen LogP contribution is 2.30. The molecule has 0 radical (unpaired) electrons. The number of ether oxygens (including phenoxy) is 2. The standard InChI is InChI=1S/C22H30O4/c1-2-3-4-6-18-7-9-19(10-8-18)20-15-21(25-13-5-11-23)17-22(16-20)26-14-12-24/h7-10,15-17,23-24H,2-6,11-14H2,1H3. The maximum Gasteiger partial charge on any atom is 0.123 e. The second-order valence-corrected chi connectivity index (χ2v) is 6.34. The zero-order valence-electron chi connectivity index (χ0n) is 15.6. The number of aliphatic hydroxyl groups is 2. The third kappa shape index (κ3) is 6.70. The molecular weight excluding hydrogens is 328 g/mol. The molecule has 0 saturated heterocycles. The van der Waals surface area contributed by atoms with Crippen molar-refractivity contribution in [3.05, 3.63) is 48.0 Å². The Morgan fingerprint density at radius 3 is 2.04 bits per heavy atom. The van der Waals surface area contributed by atoms with Gasteiger partial charge in [0.1, 0.15) is 18.1 Å². The van der Waals surface area contributed by atoms with Gasteiger partial charge in [-0.2, -0.15) is 0 Å². The highest BCUT2D eigenvalue weighted by atomic mass is 16.5. The van der Waals surface area contributed by atoms with Crippen LogP contribution in [0.15, 0.2) is 42.5 Å². The molecule has 0 fully saturated rings. The summed E-state index contributed by atoms with van der Waals surface area (Å²) < 4.78 is 11.3. The number of aliphatic hydroxyl groups excluding tert-OH is 2. The lowest BCUT2D eigenvalue weighted by Gasteiger charge is -2.12. The molecule has 0 saturated carbocycles. The minimum Gasteiger partial charge on any atom is -0.493 e. The number of rotatable bonds is 12. The molecule has 2 aromatic rings. The second-order valence-electron chi connectivity index (χ2n) is 6.34. The Balaban J connectivity index is 2.15. The molecule has 0 unspecified atom stereocenters. The van der Waals surface area contributed by atoms with Gasteiger partial charge in [-0.25, -0.2) is 0 Å². The van der Waals surface area contributed by atoms with Crippen molar-refractivity contribution >= 4 is 0 Å². The molecule has 0 amide bonds. The zero-order chi connectivity index (χ0) is 18.6. The highest BCUT2D eigenvalue weighted by Gasteiger charge is 2.06. The maximum absolute atomic E-state index is 8.99. The molecule has 4 heteroatoms. The van der Waals surface area contributed by atoms with Gasteiger partial charge in [-0.3, -0.25) is 0 Å². The van der Waals surface area contributed by atoms with Gasteiger partial charge in [0.2, 0.25) is 0 Å². The molecule has 2 aromatic carbocycles. The van der Waals surface area contributed by atoms with E-state index in [1.165, 1.54) is 24.8 Å². The summed E-state index contributed by atoms with van der Waals surface area (Å²) in [6.07, 6.45) is 5.42. The Morgan fingerprint density at radius 2 is 1.42 bits per heavy atom. The van der Waals surface area contributed by atoms with Crippen LogP contribution in [0.25, 0.3) is 11.1 Å². The fourth-order valence-electron chi connectivity index (χ4n) is 2.77. The smallest absolute Gasteiger partial charge is 0.123 e. The topological polar surface area (TPSA) is 58.9 Å². The molecule has 0 aliphatic heterocycles. The van der Waals surface area contributed by atoms with Gasteiger partial charge in [-0.15, -0.1) is 0 Å². The number of benzene rings is 2. The van der Waals surface area contributed by atoms with Crippen molar-refractivity contribution in [2.75, 3.05) is 26.4 Å². The van der Waals surface area contributed by atoms with Crippen LogP contribution in [0.3, 0.4) is 0 Å². The van der Waals surface area contributed by atoms with Crippen molar-refractivity contribution in [1.29, 1.82) is 0 Å². The summed E-state index contributed by atoms with van der Waals surface area (Å²) >= 11 is 0. The van der Waals surface area contributed by atoms with Crippen LogP contribution in [0.5, 0.6) is 11.5 Å². The van der Waals surface area contributed by atoms with Crippen LogP contribution in [0.2, 0.25) is 0 Å². The minimum atomic E-state index is -0.0304. The lowest BCUT2D eigenvalue weighted by Crippen LogP contribution is -2.03. The van der Waals surface area contributed by atoms with Gasteiger partial charge >= 0.3 is 0 Å². The summed E-state index contributed by atoms with van der Waals surface area (Å²) in [5.41, 5.74) is 3.47. The van der Waals surface area contributed by atoms with Gasteiger partial charge in [0.25, 0.3) is 0 Å². The molecule has 2 rings (SSSR count). The molecule has 0 aromatic heterocycles. The lowest BCUT2D eigenvalue weighted by molar-refractivity contribution is 0.200. The summed E-state index contributed by atoms with van der Waals surface area (Å²) in [6.45, 7) is 2.99. The fraction of sp³-hybridized carbons (Fsp3) is 0.455. The van der Waals surface area contributed by atoms with Gasteiger partial charge in [0, 0.05) is 19.1 Å². The predicted octanol–water partition coefficient (Wildman–Crippen LogP) is 4.22. The Kier molecular flexibility index (Phi) is 9.01. The van der Waals surface area contributed by atoms with Crippen LogP contribution in [0.4, 0.5) is 0 Å². The summed E-state index contributed by atoms with van der Waals surface area (Å²) in [5.74, 6) is 1.37. The van der Waals surface area contributed by atoms with Crippen molar-refractivity contribution in [3.8, 4) is 22.6 Å². The van der Waals surface area contributed by atoms with E-state index >= 15 is 0 Å². The average Bonchev–Trinajstić information content (AvgIpc) is 2.67. The van der Waals surface area contributed by atoms with Crippen LogP contribution >= 0.6 is 0 Å². The molecule has 0 bridgehead atoms. The van der Waals surface area contributed by atoms with Crippen LogP contribution < -0.4 is 9.47 Å². The number of aryl methyl sites for hydroxylation is 1. The highest BCUT2D eigenvalue weighted by molar-refractivity contribution is 5.67. The third-order valence-corrected chi connectivity index (χ3v) is 4.17. The van der Waals surface area contributed by atoms with Crippen LogP contribution in [0.1, 0.15) is 38.2 Å². The summed E-state index contributed by atoms with van der Waals surface area (Å²) in [5, 5.41) is 17.9. The number of unbranched alkanes of at least 4 members (excludes halogenated alkanes) is 2. The SMILES string of the molecule is CCCCCc1ccc(-c2cc(OCCO)cc(OCCCO)c2)cc1. The van der Waals surface area contributed by atoms with E-state index in [1.807, 2.05) is 18.2 Å². The van der Waals surface area contributed by atoms with Gasteiger partial charge in [-0.1, -0.05) is 44.0 Å². The molecule has 0 atom stereocenters. The Bertz CT molecular complexity index is 637. The Labute approximate surface area is 156 Å². The minimum absolute atomic E-state index is 0.0304. The van der Waals surface area contributed by atoms with E-state index in [9.17, 15) is 0 Å². The molecule has 0 spiro atoms. The number of hydrogen-bond acceptors (Lipinski definition) is 4. The summed E-state index contributed by atoms with van der Waals surface area (Å²) in [6, 6.07) is 14.4. The van der Waals surface area contributed by atoms with Gasteiger partial charge in [0.15, 0.2) is 0 Å². The molecule has 2 N–H and O–H groups in total. The van der Waals surface area contributed by atoms with Gasteiger partial charge < -0.3 is 19.7 Å². The first-order valence-electron chi connectivity index (χ1n) is 9.48. The Hall–Kier alpha value is -2.04. The monoisotopic (exact) mass is 358 g/mol. The molecule has 26 heavy (non-hydrogen) atoms. The molecule has 0 heterocycles. The summed E-state index contributed by atoms with van der Waals surface area (Å²) in [4.78, 5) is 0. The van der Waals surface area contributed by atoms with E-state index < -0.39 is 0 Å².